The second-order valence-electron chi connectivity index (χ2n) is 6.78. The third kappa shape index (κ3) is 49.6. The van der Waals surface area contributed by atoms with Gasteiger partial charge in [-0.3, -0.25) is 0 Å². The van der Waals surface area contributed by atoms with E-state index < -0.39 is 5.97 Å². The topological polar surface area (TPSA) is 54.1 Å². The second-order valence-corrected chi connectivity index (χ2v) is 15.8. The van der Waals surface area contributed by atoms with E-state index in [1.807, 2.05) is 0 Å². The van der Waals surface area contributed by atoms with Crippen LogP contribution in [-0.2, 0) is 24.9 Å². The summed E-state index contributed by atoms with van der Waals surface area (Å²) < 4.78 is 0. The van der Waals surface area contributed by atoms with Crippen LogP contribution in [0.2, 0.25) is 0 Å². The van der Waals surface area contributed by atoms with Gasteiger partial charge in [-0.25, -0.2) is 0 Å². The number of carbonyl (C=O) groups excluding carboxylic acids is 1. The molecule has 0 amide bonds. The predicted molar refractivity (Wildman–Crippen MR) is 113 cm³/mol. The quantitative estimate of drug-likeness (QED) is 0.363. The standard InChI is InChI=1S/C6H10NO2.3C3H9P.Ir/c8-6(9)5-3-1-2-4-7-5;3*1-4(2)3;/h5H,1-4H2,(H,8,9);3*1-3H3;/q-1;;;;+3/p+4. The van der Waals surface area contributed by atoms with Gasteiger partial charge < -0.3 is 10.4 Å². The first-order valence-corrected chi connectivity index (χ1v) is 16.7. The van der Waals surface area contributed by atoms with E-state index in [4.69, 9.17) is 5.11 Å². The Balaban J connectivity index is -0.000000107. The van der Waals surface area contributed by atoms with Crippen molar-refractivity contribution in [1.29, 1.82) is 0 Å². The van der Waals surface area contributed by atoms with Crippen molar-refractivity contribution in [3.05, 3.63) is 5.32 Å². The first kappa shape index (κ1) is 31.2. The first-order chi connectivity index (χ1) is 9.50. The molecule has 0 aromatic carbocycles. The van der Waals surface area contributed by atoms with E-state index in [1.54, 1.807) is 0 Å². The molecule has 1 aliphatic rings. The Bertz CT molecular complexity index is 202. The molecule has 0 aromatic rings. The van der Waals surface area contributed by atoms with Crippen LogP contribution >= 0.6 is 23.8 Å². The Morgan fingerprint density at radius 1 is 0.864 bits per heavy atom. The Kier molecular flexibility index (Phi) is 31.7. The molecule has 0 spiro atoms. The molecule has 1 fully saturated rings. The van der Waals surface area contributed by atoms with Crippen molar-refractivity contribution in [3.63, 3.8) is 0 Å². The van der Waals surface area contributed by atoms with Crippen molar-refractivity contribution in [2.75, 3.05) is 66.5 Å². The molecule has 1 unspecified atom stereocenters. The zero-order valence-corrected chi connectivity index (χ0v) is 21.5. The van der Waals surface area contributed by atoms with Gasteiger partial charge in [-0.1, -0.05) is 19.3 Å². The van der Waals surface area contributed by atoms with Gasteiger partial charge in [-0.2, -0.15) is 0 Å². The van der Waals surface area contributed by atoms with Gasteiger partial charge in [-0.05, 0) is 23.8 Å². The summed E-state index contributed by atoms with van der Waals surface area (Å²) in [7, 11) is 0.361. The minimum absolute atomic E-state index is 0. The molecule has 1 atom stereocenters. The molecule has 1 aliphatic heterocycles. The molecule has 0 radical (unpaired) electrons. The average Bonchev–Trinajstić information content (AvgIpc) is 2.27. The zero-order chi connectivity index (χ0) is 17.4. The van der Waals surface area contributed by atoms with Crippen LogP contribution in [0.1, 0.15) is 19.3 Å². The van der Waals surface area contributed by atoms with E-state index in [0.29, 0.717) is 0 Å². The Hall–Kier alpha value is 1.37. The van der Waals surface area contributed by atoms with Crippen molar-refractivity contribution in [2.24, 2.45) is 0 Å². The van der Waals surface area contributed by atoms with E-state index in [2.05, 4.69) is 65.3 Å². The van der Waals surface area contributed by atoms with Crippen LogP contribution in [0.25, 0.3) is 5.32 Å². The molecule has 0 saturated carbocycles. The minimum atomic E-state index is -0.519. The fraction of sp³-hybridized carbons (Fsp3) is 0.933. The van der Waals surface area contributed by atoms with Crippen molar-refractivity contribution < 1.29 is 30.0 Å². The molecule has 3 nitrogen and oxygen atoms in total. The van der Waals surface area contributed by atoms with Gasteiger partial charge in [0.05, 0.1) is 0 Å². The molecular formula is C15H41IrNO2P3+6. The second kappa shape index (κ2) is 22.4. The maximum absolute atomic E-state index is 10.4. The maximum atomic E-state index is 10.4. The number of carbonyl (C=O) groups is 1. The van der Waals surface area contributed by atoms with E-state index in [0.717, 1.165) is 25.8 Å². The summed E-state index contributed by atoms with van der Waals surface area (Å²) in [6.07, 6.45) is 2.94. The van der Waals surface area contributed by atoms with Crippen molar-refractivity contribution >= 4 is 29.7 Å². The molecule has 1 saturated heterocycles. The van der Waals surface area contributed by atoms with Gasteiger partial charge in [0.15, 0.2) is 0 Å². The fourth-order valence-corrected chi connectivity index (χ4v) is 1.00. The minimum Gasteiger partial charge on any atom is -0.645 e. The van der Waals surface area contributed by atoms with Gasteiger partial charge in [0, 0.05) is 70.8 Å². The van der Waals surface area contributed by atoms with Crippen molar-refractivity contribution in [2.45, 2.75) is 25.3 Å². The Morgan fingerprint density at radius 3 is 1.32 bits per heavy atom. The summed E-state index contributed by atoms with van der Waals surface area (Å²) in [4.78, 5) is 10.4. The zero-order valence-electron chi connectivity index (χ0n) is 16.1. The third-order valence-corrected chi connectivity index (χ3v) is 1.54. The Labute approximate surface area is 156 Å². The van der Waals surface area contributed by atoms with Crippen LogP contribution in [0.5, 0.6) is 0 Å². The van der Waals surface area contributed by atoms with Crippen LogP contribution in [0.4, 0.5) is 0 Å². The Morgan fingerprint density at radius 2 is 1.18 bits per heavy atom. The van der Waals surface area contributed by atoms with Gasteiger partial charge >= 0.3 is 26.1 Å². The summed E-state index contributed by atoms with van der Waals surface area (Å²) in [5, 5.41) is 10.7. The molecule has 7 heteroatoms. The van der Waals surface area contributed by atoms with Gasteiger partial charge in [0.2, 0.25) is 0 Å². The average molecular weight is 553 g/mol. The summed E-state index contributed by atoms with van der Waals surface area (Å²) in [6.45, 7) is 21.2. The summed E-state index contributed by atoms with van der Waals surface area (Å²) in [5.74, 6) is -0.519. The number of hydrogen-bond acceptors (Lipinski definition) is 1. The molecule has 0 bridgehead atoms. The summed E-state index contributed by atoms with van der Waals surface area (Å²) in [5.41, 5.74) is 0. The normalized spacial score (nSPS) is 16.3. The predicted octanol–water partition coefficient (Wildman–Crippen LogP) is 3.43. The molecule has 2 N–H and O–H groups in total. The van der Waals surface area contributed by atoms with Gasteiger partial charge in [-0.15, -0.1) is 6.54 Å². The molecule has 22 heavy (non-hydrogen) atoms. The largest absolute Gasteiger partial charge is 3.00 e. The SMILES string of the molecule is C[PH+](C)C.C[PH+](C)C.C[PH+](C)C.O=C([OH2+])C1CCCC[N-]1.[Ir+3]. The van der Waals surface area contributed by atoms with Crippen LogP contribution in [0.3, 0.4) is 0 Å². The van der Waals surface area contributed by atoms with Crippen LogP contribution in [-0.4, -0.2) is 83.6 Å². The first-order valence-electron chi connectivity index (χ1n) is 7.73. The number of hydrogen-bond donors (Lipinski definition) is 0. The summed E-state index contributed by atoms with van der Waals surface area (Å²) >= 11 is 0. The van der Waals surface area contributed by atoms with Crippen molar-refractivity contribution in [1.82, 2.24) is 0 Å². The molecule has 1 heterocycles. The molecule has 136 valence electrons. The van der Waals surface area contributed by atoms with Gasteiger partial charge in [0.25, 0.3) is 0 Å². The molecular weight excluding hydrogens is 511 g/mol. The third-order valence-electron chi connectivity index (χ3n) is 1.54. The molecule has 0 aliphatic carbocycles. The number of piperidine rings is 1. The van der Waals surface area contributed by atoms with E-state index in [1.165, 1.54) is 0 Å². The summed E-state index contributed by atoms with van der Waals surface area (Å²) in [6, 6.07) is -0.293. The molecule has 0 aromatic heterocycles. The monoisotopic (exact) mass is 553 g/mol. The maximum Gasteiger partial charge on any atom is 3.00 e. The fourth-order valence-electron chi connectivity index (χ4n) is 1.00. The number of nitrogens with zero attached hydrogens (tertiary/aromatic N) is 1. The van der Waals surface area contributed by atoms with Crippen LogP contribution in [0, 0.1) is 0 Å². The van der Waals surface area contributed by atoms with Gasteiger partial charge in [0.1, 0.15) is 0 Å². The van der Waals surface area contributed by atoms with E-state index in [9.17, 15) is 4.79 Å². The van der Waals surface area contributed by atoms with E-state index >= 15 is 0 Å². The van der Waals surface area contributed by atoms with Crippen LogP contribution < -0.4 is 0 Å². The smallest absolute Gasteiger partial charge is 0.645 e. The number of rotatable bonds is 1. The van der Waals surface area contributed by atoms with Crippen molar-refractivity contribution in [3.8, 4) is 0 Å². The molecule has 1 rings (SSSR count). The van der Waals surface area contributed by atoms with Crippen LogP contribution in [0.15, 0.2) is 0 Å². The van der Waals surface area contributed by atoms with E-state index in [-0.39, 0.29) is 49.9 Å².